The fourth-order valence-electron chi connectivity index (χ4n) is 0.702. The highest BCUT2D eigenvalue weighted by atomic mass is 32.1. The van der Waals surface area contributed by atoms with Crippen LogP contribution in [-0.2, 0) is 4.79 Å². The lowest BCUT2D eigenvalue weighted by Crippen LogP contribution is -2.14. The molecule has 0 aliphatic carbocycles. The first-order valence-corrected chi connectivity index (χ1v) is 4.43. The van der Waals surface area contributed by atoms with Crippen molar-refractivity contribution in [3.8, 4) is 0 Å². The van der Waals surface area contributed by atoms with Gasteiger partial charge >= 0.3 is 0 Å². The number of amides is 1. The summed E-state index contributed by atoms with van der Waals surface area (Å²) in [5.74, 6) is -0.147. The molecule has 4 heteroatoms. The van der Waals surface area contributed by atoms with Crippen LogP contribution in [0.25, 0.3) is 0 Å². The minimum atomic E-state index is -0.147. The molecular formula is C8H10N2OS. The van der Waals surface area contributed by atoms with E-state index in [1.165, 1.54) is 6.92 Å². The van der Waals surface area contributed by atoms with Gasteiger partial charge in [-0.1, -0.05) is 6.07 Å². The smallest absolute Gasteiger partial charge is 0.236 e. The Morgan fingerprint density at radius 3 is 2.83 bits per heavy atom. The largest absolute Gasteiger partial charge is 0.274 e. The van der Waals surface area contributed by atoms with E-state index in [9.17, 15) is 4.79 Å². The van der Waals surface area contributed by atoms with Crippen molar-refractivity contribution < 1.29 is 4.79 Å². The summed E-state index contributed by atoms with van der Waals surface area (Å²) in [4.78, 5) is 11.6. The third kappa shape index (κ3) is 2.47. The van der Waals surface area contributed by atoms with Crippen LogP contribution in [0.3, 0.4) is 0 Å². The van der Waals surface area contributed by atoms with Crippen LogP contribution in [0.4, 0.5) is 0 Å². The molecule has 0 saturated carbocycles. The Morgan fingerprint density at radius 2 is 2.33 bits per heavy atom. The van der Waals surface area contributed by atoms with Crippen molar-refractivity contribution in [2.45, 2.75) is 13.8 Å². The second-order valence-electron chi connectivity index (χ2n) is 2.34. The average molecular weight is 182 g/mol. The molecule has 0 bridgehead atoms. The fraction of sp³-hybridized carbons (Fsp3) is 0.250. The zero-order valence-electron chi connectivity index (χ0n) is 7.00. The molecule has 1 heterocycles. The Bertz CT molecular complexity index is 290. The molecule has 3 nitrogen and oxygen atoms in total. The first-order valence-electron chi connectivity index (χ1n) is 3.55. The number of nitrogens with zero attached hydrogens (tertiary/aromatic N) is 1. The highest BCUT2D eigenvalue weighted by Crippen LogP contribution is 2.08. The van der Waals surface area contributed by atoms with Crippen molar-refractivity contribution >= 4 is 23.0 Å². The zero-order chi connectivity index (χ0) is 8.97. The van der Waals surface area contributed by atoms with Gasteiger partial charge in [-0.2, -0.15) is 5.10 Å². The van der Waals surface area contributed by atoms with E-state index in [4.69, 9.17) is 0 Å². The fourth-order valence-corrected chi connectivity index (χ4v) is 1.38. The SMILES string of the molecule is CC(=O)NN=C(C)c1cccs1. The highest BCUT2D eigenvalue weighted by molar-refractivity contribution is 7.12. The summed E-state index contributed by atoms with van der Waals surface area (Å²) >= 11 is 1.60. The van der Waals surface area contributed by atoms with Gasteiger partial charge in [0, 0.05) is 11.8 Å². The minimum Gasteiger partial charge on any atom is -0.274 e. The normalized spacial score (nSPS) is 11.3. The second-order valence-corrected chi connectivity index (χ2v) is 3.29. The topological polar surface area (TPSA) is 41.5 Å². The summed E-state index contributed by atoms with van der Waals surface area (Å²) in [5, 5.41) is 5.87. The summed E-state index contributed by atoms with van der Waals surface area (Å²) in [6.45, 7) is 3.30. The van der Waals surface area contributed by atoms with E-state index in [1.807, 2.05) is 24.4 Å². The maximum absolute atomic E-state index is 10.5. The van der Waals surface area contributed by atoms with Crippen molar-refractivity contribution in [3.05, 3.63) is 22.4 Å². The molecule has 0 spiro atoms. The van der Waals surface area contributed by atoms with Crippen LogP contribution in [0, 0.1) is 0 Å². The predicted molar refractivity (Wildman–Crippen MR) is 50.3 cm³/mol. The van der Waals surface area contributed by atoms with Crippen molar-refractivity contribution in [2.24, 2.45) is 5.10 Å². The average Bonchev–Trinajstić information content (AvgIpc) is 2.51. The number of thiophene rings is 1. The molecule has 1 rings (SSSR count). The Kier molecular flexibility index (Phi) is 2.99. The quantitative estimate of drug-likeness (QED) is 0.548. The van der Waals surface area contributed by atoms with Crippen LogP contribution in [0.1, 0.15) is 18.7 Å². The van der Waals surface area contributed by atoms with Crippen LogP contribution in [-0.4, -0.2) is 11.6 Å². The van der Waals surface area contributed by atoms with Gasteiger partial charge in [0.05, 0.1) is 5.71 Å². The van der Waals surface area contributed by atoms with E-state index in [0.717, 1.165) is 10.6 Å². The highest BCUT2D eigenvalue weighted by Gasteiger charge is 1.97. The number of hydrogen-bond donors (Lipinski definition) is 1. The third-order valence-corrected chi connectivity index (χ3v) is 2.24. The molecular weight excluding hydrogens is 172 g/mol. The van der Waals surface area contributed by atoms with Crippen LogP contribution in [0.15, 0.2) is 22.6 Å². The number of carbonyl (C=O) groups excluding carboxylic acids is 1. The lowest BCUT2D eigenvalue weighted by atomic mass is 10.3. The van der Waals surface area contributed by atoms with E-state index >= 15 is 0 Å². The molecule has 0 radical (unpaired) electrons. The second kappa shape index (κ2) is 4.01. The van der Waals surface area contributed by atoms with Gasteiger partial charge in [0.1, 0.15) is 0 Å². The Labute approximate surface area is 75.1 Å². The third-order valence-electron chi connectivity index (χ3n) is 1.26. The van der Waals surface area contributed by atoms with Crippen molar-refractivity contribution in [3.63, 3.8) is 0 Å². The summed E-state index contributed by atoms with van der Waals surface area (Å²) < 4.78 is 0. The van der Waals surface area contributed by atoms with Gasteiger partial charge in [-0.3, -0.25) is 4.79 Å². The Hall–Kier alpha value is -1.16. The molecule has 64 valence electrons. The monoisotopic (exact) mass is 182 g/mol. The number of rotatable bonds is 2. The Balaban J connectivity index is 2.65. The van der Waals surface area contributed by atoms with Crippen molar-refractivity contribution in [2.75, 3.05) is 0 Å². The van der Waals surface area contributed by atoms with E-state index in [0.29, 0.717) is 0 Å². The number of hydrazone groups is 1. The molecule has 0 aliphatic heterocycles. The number of carbonyl (C=O) groups is 1. The standard InChI is InChI=1S/C8H10N2OS/c1-6(9-10-7(2)11)8-4-3-5-12-8/h3-5H,1-2H3,(H,10,11). The van der Waals surface area contributed by atoms with E-state index in [1.54, 1.807) is 11.3 Å². The van der Waals surface area contributed by atoms with Gasteiger partial charge in [0.25, 0.3) is 0 Å². The molecule has 0 aromatic carbocycles. The lowest BCUT2D eigenvalue weighted by Gasteiger charge is -1.95. The van der Waals surface area contributed by atoms with E-state index < -0.39 is 0 Å². The molecule has 0 unspecified atom stereocenters. The van der Waals surface area contributed by atoms with E-state index in [-0.39, 0.29) is 5.91 Å². The summed E-state index contributed by atoms with van der Waals surface area (Å²) in [5.41, 5.74) is 3.22. The zero-order valence-corrected chi connectivity index (χ0v) is 7.81. The summed E-state index contributed by atoms with van der Waals surface area (Å²) in [7, 11) is 0. The van der Waals surface area contributed by atoms with Gasteiger partial charge in [-0.05, 0) is 18.4 Å². The predicted octanol–water partition coefficient (Wildman–Crippen LogP) is 1.61. The summed E-state index contributed by atoms with van der Waals surface area (Å²) in [6.07, 6.45) is 0. The first kappa shape index (κ1) is 8.93. The van der Waals surface area contributed by atoms with Crippen LogP contribution >= 0.6 is 11.3 Å². The molecule has 0 saturated heterocycles. The van der Waals surface area contributed by atoms with Gasteiger partial charge < -0.3 is 0 Å². The number of hydrogen-bond acceptors (Lipinski definition) is 3. The first-order chi connectivity index (χ1) is 5.70. The molecule has 12 heavy (non-hydrogen) atoms. The van der Waals surface area contributed by atoms with Crippen molar-refractivity contribution in [1.29, 1.82) is 0 Å². The maximum Gasteiger partial charge on any atom is 0.236 e. The van der Waals surface area contributed by atoms with Gasteiger partial charge in [0.2, 0.25) is 5.91 Å². The maximum atomic E-state index is 10.5. The Morgan fingerprint density at radius 1 is 1.58 bits per heavy atom. The van der Waals surface area contributed by atoms with Crippen molar-refractivity contribution in [1.82, 2.24) is 5.43 Å². The molecule has 0 fully saturated rings. The molecule has 1 aromatic rings. The van der Waals surface area contributed by atoms with Crippen LogP contribution < -0.4 is 5.43 Å². The summed E-state index contributed by atoms with van der Waals surface area (Å²) in [6, 6.07) is 3.91. The molecule has 1 aromatic heterocycles. The molecule has 1 amide bonds. The van der Waals surface area contributed by atoms with Crippen LogP contribution in [0.2, 0.25) is 0 Å². The molecule has 0 atom stereocenters. The minimum absolute atomic E-state index is 0.147. The molecule has 0 aliphatic rings. The number of nitrogens with one attached hydrogen (secondary N) is 1. The van der Waals surface area contributed by atoms with Gasteiger partial charge in [-0.25, -0.2) is 5.43 Å². The van der Waals surface area contributed by atoms with E-state index in [2.05, 4.69) is 10.5 Å². The molecule has 1 N–H and O–H groups in total. The lowest BCUT2D eigenvalue weighted by molar-refractivity contribution is -0.118. The van der Waals surface area contributed by atoms with Crippen LogP contribution in [0.5, 0.6) is 0 Å². The van der Waals surface area contributed by atoms with Gasteiger partial charge in [0.15, 0.2) is 0 Å². The van der Waals surface area contributed by atoms with Gasteiger partial charge in [-0.15, -0.1) is 11.3 Å².